The minimum absolute atomic E-state index is 0.102. The number of aromatic nitrogens is 1. The summed E-state index contributed by atoms with van der Waals surface area (Å²) in [5.41, 5.74) is -2.04. The van der Waals surface area contributed by atoms with Crippen molar-refractivity contribution < 1.29 is 30.4 Å². The first-order valence-corrected chi connectivity index (χ1v) is 11.2. The van der Waals surface area contributed by atoms with Crippen molar-refractivity contribution in [1.82, 2.24) is 4.98 Å². The van der Waals surface area contributed by atoms with Gasteiger partial charge < -0.3 is 0 Å². The van der Waals surface area contributed by atoms with Crippen LogP contribution in [-0.4, -0.2) is 19.2 Å². The number of nitrogens with zero attached hydrogens (tertiary/aromatic N) is 1. The minimum atomic E-state index is -4.97. The van der Waals surface area contributed by atoms with Crippen LogP contribution in [0.1, 0.15) is 45.1 Å². The van der Waals surface area contributed by atoms with Gasteiger partial charge in [-0.15, -0.1) is 0 Å². The molecule has 3 nitrogen and oxygen atoms in total. The second-order valence-electron chi connectivity index (χ2n) is 8.58. The molecule has 1 saturated carbocycles. The van der Waals surface area contributed by atoms with Crippen LogP contribution >= 0.6 is 0 Å². The average molecular weight is 447 g/mol. The summed E-state index contributed by atoms with van der Waals surface area (Å²) in [7, 11) is -4.22. The van der Waals surface area contributed by atoms with Crippen LogP contribution < -0.4 is 0 Å². The number of sulfone groups is 1. The van der Waals surface area contributed by atoms with Crippen molar-refractivity contribution in [3.63, 3.8) is 0 Å². The third-order valence-electron chi connectivity index (χ3n) is 5.62. The van der Waals surface area contributed by atoms with Gasteiger partial charge >= 0.3 is 6.18 Å². The Kier molecular flexibility index (Phi) is 5.97. The highest BCUT2D eigenvalue weighted by Gasteiger charge is 2.39. The summed E-state index contributed by atoms with van der Waals surface area (Å²) in [5, 5.41) is 0. The number of hydrogen-bond acceptors (Lipinski definition) is 3. The van der Waals surface area contributed by atoms with Crippen LogP contribution in [0.15, 0.2) is 35.4 Å². The Hall–Kier alpha value is -2.03. The molecule has 0 N–H and O–H groups in total. The van der Waals surface area contributed by atoms with E-state index in [1.807, 2.05) is 0 Å². The van der Waals surface area contributed by atoms with Gasteiger partial charge in [-0.1, -0.05) is 19.9 Å². The molecule has 0 unspecified atom stereocenters. The number of benzene rings is 1. The summed E-state index contributed by atoms with van der Waals surface area (Å²) in [4.78, 5) is 2.68. The maximum atomic E-state index is 14.0. The van der Waals surface area contributed by atoms with Crippen LogP contribution in [0.25, 0.3) is 11.3 Å². The van der Waals surface area contributed by atoms with Gasteiger partial charge in [-0.2, -0.15) is 13.2 Å². The smallest absolute Gasteiger partial charge is 0.250 e. The highest BCUT2D eigenvalue weighted by molar-refractivity contribution is 7.91. The largest absolute Gasteiger partial charge is 0.417 e. The summed E-state index contributed by atoms with van der Waals surface area (Å²) in [6.45, 7) is 4.17. The first kappa shape index (κ1) is 22.7. The Bertz CT molecular complexity index is 1040. The predicted octanol–water partition coefficient (Wildman–Crippen LogP) is 6.04. The summed E-state index contributed by atoms with van der Waals surface area (Å²) >= 11 is 0. The van der Waals surface area contributed by atoms with Crippen molar-refractivity contribution in [2.24, 2.45) is 11.3 Å². The van der Waals surface area contributed by atoms with E-state index in [1.165, 1.54) is 0 Å². The van der Waals surface area contributed by atoms with Crippen LogP contribution in [0.5, 0.6) is 0 Å². The summed E-state index contributed by atoms with van der Waals surface area (Å²) in [6.07, 6.45) is -1.39. The molecule has 0 amide bonds. The van der Waals surface area contributed by atoms with E-state index >= 15 is 0 Å². The first-order valence-electron chi connectivity index (χ1n) is 9.54. The van der Waals surface area contributed by atoms with Gasteiger partial charge in [-0.05, 0) is 49.1 Å². The fourth-order valence-electron chi connectivity index (χ4n) is 3.82. The Labute approximate surface area is 172 Å². The molecule has 1 heterocycles. The molecule has 0 saturated heterocycles. The summed E-state index contributed by atoms with van der Waals surface area (Å²) in [6, 6.07) is 2.96. The number of hydrogen-bond donors (Lipinski definition) is 0. The lowest BCUT2D eigenvalue weighted by Crippen LogP contribution is -2.27. The zero-order chi connectivity index (χ0) is 22.3. The van der Waals surface area contributed by atoms with Gasteiger partial charge in [0.25, 0.3) is 0 Å². The van der Waals surface area contributed by atoms with Crippen LogP contribution in [0, 0.1) is 23.0 Å². The van der Waals surface area contributed by atoms with Crippen molar-refractivity contribution in [3.8, 4) is 11.3 Å². The second kappa shape index (κ2) is 7.90. The monoisotopic (exact) mass is 447 g/mol. The van der Waals surface area contributed by atoms with Crippen LogP contribution in [0.2, 0.25) is 0 Å². The SMILES string of the molecule is CC1(C)CCC(CS(=O)(=O)c2ccc(-c3ncc(F)cc3F)cc2C(F)(F)F)CC1. The molecule has 1 aromatic heterocycles. The predicted molar refractivity (Wildman–Crippen MR) is 102 cm³/mol. The van der Waals surface area contributed by atoms with E-state index in [1.54, 1.807) is 0 Å². The molecule has 164 valence electrons. The molecular weight excluding hydrogens is 425 g/mol. The normalized spacial score (nSPS) is 17.8. The molecule has 30 heavy (non-hydrogen) atoms. The number of pyridine rings is 1. The van der Waals surface area contributed by atoms with E-state index in [4.69, 9.17) is 0 Å². The molecule has 0 spiro atoms. The highest BCUT2D eigenvalue weighted by Crippen LogP contribution is 2.41. The van der Waals surface area contributed by atoms with E-state index in [0.717, 1.165) is 25.0 Å². The van der Waals surface area contributed by atoms with Gasteiger partial charge in [-0.3, -0.25) is 4.98 Å². The Balaban J connectivity index is 1.98. The van der Waals surface area contributed by atoms with E-state index in [2.05, 4.69) is 18.8 Å². The molecule has 1 aliphatic rings. The van der Waals surface area contributed by atoms with Gasteiger partial charge in [-0.25, -0.2) is 17.2 Å². The number of halogens is 5. The van der Waals surface area contributed by atoms with Gasteiger partial charge in [0, 0.05) is 11.6 Å². The van der Waals surface area contributed by atoms with E-state index in [-0.39, 0.29) is 22.6 Å². The van der Waals surface area contributed by atoms with Crippen molar-refractivity contribution in [2.45, 2.75) is 50.6 Å². The van der Waals surface area contributed by atoms with Gasteiger partial charge in [0.05, 0.1) is 22.4 Å². The average Bonchev–Trinajstić information content (AvgIpc) is 2.62. The second-order valence-corrected chi connectivity index (χ2v) is 10.6. The van der Waals surface area contributed by atoms with Gasteiger partial charge in [0.1, 0.15) is 11.5 Å². The number of alkyl halides is 3. The standard InChI is InChI=1S/C21H22F5NO2S/c1-20(2)7-5-13(6-8-20)12-30(28,29)18-4-3-14(9-16(18)21(24,25)26)19-17(23)10-15(22)11-27-19/h3-4,9-11,13H,5-8,12H2,1-2H3. The molecule has 0 aliphatic heterocycles. The molecule has 3 rings (SSSR count). The molecule has 1 aromatic carbocycles. The van der Waals surface area contributed by atoms with Gasteiger partial charge in [0.2, 0.25) is 0 Å². The lowest BCUT2D eigenvalue weighted by Gasteiger charge is -2.34. The zero-order valence-corrected chi connectivity index (χ0v) is 17.4. The van der Waals surface area contributed by atoms with Crippen molar-refractivity contribution in [3.05, 3.63) is 47.7 Å². The summed E-state index contributed by atoms with van der Waals surface area (Å²) in [5.74, 6) is -2.68. The van der Waals surface area contributed by atoms with Gasteiger partial charge in [0.15, 0.2) is 15.7 Å². The third kappa shape index (κ3) is 4.99. The minimum Gasteiger partial charge on any atom is -0.250 e. The molecule has 1 fully saturated rings. The molecule has 0 atom stereocenters. The molecule has 0 bridgehead atoms. The fraction of sp³-hybridized carbons (Fsp3) is 0.476. The maximum Gasteiger partial charge on any atom is 0.417 e. The van der Waals surface area contributed by atoms with Crippen molar-refractivity contribution in [1.29, 1.82) is 0 Å². The fourth-order valence-corrected chi connectivity index (χ4v) is 5.74. The molecule has 1 aliphatic carbocycles. The summed E-state index contributed by atoms with van der Waals surface area (Å²) < 4.78 is 93.8. The van der Waals surface area contributed by atoms with E-state index in [9.17, 15) is 30.4 Å². The lowest BCUT2D eigenvalue weighted by atomic mass is 9.74. The maximum absolute atomic E-state index is 14.0. The molecule has 2 aromatic rings. The van der Waals surface area contributed by atoms with Crippen LogP contribution in [-0.2, 0) is 16.0 Å². The lowest BCUT2D eigenvalue weighted by molar-refractivity contribution is -0.139. The Morgan fingerprint density at radius 2 is 1.73 bits per heavy atom. The molecule has 9 heteroatoms. The number of rotatable bonds is 4. The Morgan fingerprint density at radius 1 is 1.10 bits per heavy atom. The van der Waals surface area contributed by atoms with Crippen molar-refractivity contribution in [2.75, 3.05) is 5.75 Å². The Morgan fingerprint density at radius 3 is 2.30 bits per heavy atom. The van der Waals surface area contributed by atoms with E-state index in [0.29, 0.717) is 31.2 Å². The first-order chi connectivity index (χ1) is 13.8. The quantitative estimate of drug-likeness (QED) is 0.537. The van der Waals surface area contributed by atoms with E-state index < -0.39 is 43.8 Å². The molecular formula is C21H22F5NO2S. The molecule has 0 radical (unpaired) electrons. The topological polar surface area (TPSA) is 47.0 Å². The third-order valence-corrected chi connectivity index (χ3v) is 7.55. The zero-order valence-electron chi connectivity index (χ0n) is 16.6. The van der Waals surface area contributed by atoms with Crippen LogP contribution in [0.4, 0.5) is 22.0 Å². The van der Waals surface area contributed by atoms with Crippen molar-refractivity contribution >= 4 is 9.84 Å². The highest BCUT2D eigenvalue weighted by atomic mass is 32.2. The van der Waals surface area contributed by atoms with Crippen LogP contribution in [0.3, 0.4) is 0 Å².